The second kappa shape index (κ2) is 8.90. The molecule has 0 aromatic rings. The number of likely N-dealkylation sites (tertiary alicyclic amines) is 1. The SMILES string of the molecule is CCCNC1CCN(CCCOCC)CC1C. The van der Waals surface area contributed by atoms with Crippen molar-refractivity contribution < 1.29 is 4.74 Å². The van der Waals surface area contributed by atoms with Gasteiger partial charge in [-0.2, -0.15) is 0 Å². The van der Waals surface area contributed by atoms with Gasteiger partial charge in [0.05, 0.1) is 0 Å². The summed E-state index contributed by atoms with van der Waals surface area (Å²) >= 11 is 0. The molecule has 0 bridgehead atoms. The van der Waals surface area contributed by atoms with Gasteiger partial charge < -0.3 is 15.0 Å². The third-order valence-corrected chi connectivity index (χ3v) is 3.61. The number of hydrogen-bond donors (Lipinski definition) is 1. The van der Waals surface area contributed by atoms with E-state index in [0.717, 1.165) is 25.2 Å². The monoisotopic (exact) mass is 242 g/mol. The predicted octanol–water partition coefficient (Wildman–Crippen LogP) is 2.12. The van der Waals surface area contributed by atoms with E-state index < -0.39 is 0 Å². The summed E-state index contributed by atoms with van der Waals surface area (Å²) in [6.45, 7) is 13.3. The van der Waals surface area contributed by atoms with Crippen LogP contribution in [0.3, 0.4) is 0 Å². The fourth-order valence-electron chi connectivity index (χ4n) is 2.60. The van der Waals surface area contributed by atoms with Crippen LogP contribution >= 0.6 is 0 Å². The van der Waals surface area contributed by atoms with Gasteiger partial charge in [0.15, 0.2) is 0 Å². The minimum Gasteiger partial charge on any atom is -0.382 e. The van der Waals surface area contributed by atoms with Crippen LogP contribution in [-0.2, 0) is 4.74 Å². The summed E-state index contributed by atoms with van der Waals surface area (Å²) in [6, 6.07) is 0.734. The molecule has 0 aromatic carbocycles. The van der Waals surface area contributed by atoms with Gasteiger partial charge in [0.1, 0.15) is 0 Å². The van der Waals surface area contributed by atoms with Crippen molar-refractivity contribution in [2.24, 2.45) is 5.92 Å². The van der Waals surface area contributed by atoms with Gasteiger partial charge in [-0.15, -0.1) is 0 Å². The van der Waals surface area contributed by atoms with Gasteiger partial charge in [-0.05, 0) is 45.2 Å². The van der Waals surface area contributed by atoms with E-state index in [2.05, 4.69) is 31.0 Å². The van der Waals surface area contributed by atoms with Gasteiger partial charge in [0.25, 0.3) is 0 Å². The number of nitrogens with zero attached hydrogens (tertiary/aromatic N) is 1. The molecule has 102 valence electrons. The van der Waals surface area contributed by atoms with E-state index in [-0.39, 0.29) is 0 Å². The van der Waals surface area contributed by atoms with Gasteiger partial charge >= 0.3 is 0 Å². The molecule has 0 amide bonds. The Morgan fingerprint density at radius 3 is 2.82 bits per heavy atom. The van der Waals surface area contributed by atoms with Crippen LogP contribution in [0.5, 0.6) is 0 Å². The maximum Gasteiger partial charge on any atom is 0.0478 e. The van der Waals surface area contributed by atoms with Crippen LogP contribution in [0.1, 0.15) is 40.0 Å². The molecule has 1 aliphatic heterocycles. The van der Waals surface area contributed by atoms with Crippen molar-refractivity contribution >= 4 is 0 Å². The molecule has 17 heavy (non-hydrogen) atoms. The molecule has 1 aliphatic rings. The largest absolute Gasteiger partial charge is 0.382 e. The highest BCUT2D eigenvalue weighted by Crippen LogP contribution is 2.16. The zero-order valence-corrected chi connectivity index (χ0v) is 11.9. The third kappa shape index (κ3) is 5.84. The number of ether oxygens (including phenoxy) is 1. The molecule has 3 nitrogen and oxygen atoms in total. The standard InChI is InChI=1S/C14H30N2O/c1-4-8-15-14-7-10-16(12-13(14)3)9-6-11-17-5-2/h13-15H,4-12H2,1-3H3. The molecular weight excluding hydrogens is 212 g/mol. The topological polar surface area (TPSA) is 24.5 Å². The van der Waals surface area contributed by atoms with Crippen LogP contribution in [0.15, 0.2) is 0 Å². The number of hydrogen-bond acceptors (Lipinski definition) is 3. The van der Waals surface area contributed by atoms with Crippen LogP contribution in [0, 0.1) is 5.92 Å². The Hall–Kier alpha value is -0.120. The lowest BCUT2D eigenvalue weighted by molar-refractivity contribution is 0.109. The number of nitrogens with one attached hydrogen (secondary N) is 1. The third-order valence-electron chi connectivity index (χ3n) is 3.61. The first-order valence-electron chi connectivity index (χ1n) is 7.31. The molecule has 1 N–H and O–H groups in total. The summed E-state index contributed by atoms with van der Waals surface area (Å²) in [5.41, 5.74) is 0. The lowest BCUT2D eigenvalue weighted by Crippen LogP contribution is -2.48. The average Bonchev–Trinajstić information content (AvgIpc) is 2.34. The summed E-state index contributed by atoms with van der Waals surface area (Å²) in [7, 11) is 0. The molecule has 0 aliphatic carbocycles. The van der Waals surface area contributed by atoms with Gasteiger partial charge in [0.2, 0.25) is 0 Å². The first-order valence-corrected chi connectivity index (χ1v) is 7.31. The molecule has 2 unspecified atom stereocenters. The van der Waals surface area contributed by atoms with Crippen LogP contribution in [0.25, 0.3) is 0 Å². The molecule has 1 saturated heterocycles. The summed E-state index contributed by atoms with van der Waals surface area (Å²) in [5.74, 6) is 0.780. The minimum absolute atomic E-state index is 0.734. The maximum atomic E-state index is 5.39. The Balaban J connectivity index is 2.13. The van der Waals surface area contributed by atoms with E-state index in [1.54, 1.807) is 0 Å². The van der Waals surface area contributed by atoms with E-state index in [1.165, 1.54) is 45.4 Å². The van der Waals surface area contributed by atoms with Crippen molar-refractivity contribution in [2.45, 2.75) is 46.1 Å². The first-order chi connectivity index (χ1) is 8.27. The van der Waals surface area contributed by atoms with Crippen LogP contribution < -0.4 is 5.32 Å². The number of piperidine rings is 1. The second-order valence-corrected chi connectivity index (χ2v) is 5.18. The van der Waals surface area contributed by atoms with E-state index in [9.17, 15) is 0 Å². The Morgan fingerprint density at radius 1 is 1.35 bits per heavy atom. The van der Waals surface area contributed by atoms with Gasteiger partial charge in [-0.1, -0.05) is 13.8 Å². The van der Waals surface area contributed by atoms with Crippen LogP contribution in [0.2, 0.25) is 0 Å². The predicted molar refractivity (Wildman–Crippen MR) is 73.4 cm³/mol. The summed E-state index contributed by atoms with van der Waals surface area (Å²) in [5, 5.41) is 3.67. The normalized spacial score (nSPS) is 26.3. The van der Waals surface area contributed by atoms with Crippen LogP contribution in [-0.4, -0.2) is 50.3 Å². The number of rotatable bonds is 8. The van der Waals surface area contributed by atoms with Crippen molar-refractivity contribution in [3.8, 4) is 0 Å². The van der Waals surface area contributed by atoms with E-state index in [4.69, 9.17) is 4.74 Å². The second-order valence-electron chi connectivity index (χ2n) is 5.18. The van der Waals surface area contributed by atoms with Crippen molar-refractivity contribution in [3.05, 3.63) is 0 Å². The van der Waals surface area contributed by atoms with Gasteiger partial charge in [-0.3, -0.25) is 0 Å². The molecule has 1 rings (SSSR count). The molecule has 0 radical (unpaired) electrons. The molecular formula is C14H30N2O. The molecule has 0 saturated carbocycles. The zero-order valence-electron chi connectivity index (χ0n) is 11.9. The van der Waals surface area contributed by atoms with E-state index >= 15 is 0 Å². The van der Waals surface area contributed by atoms with Gasteiger partial charge in [-0.25, -0.2) is 0 Å². The van der Waals surface area contributed by atoms with Crippen molar-refractivity contribution in [2.75, 3.05) is 39.4 Å². The van der Waals surface area contributed by atoms with E-state index in [1.807, 2.05) is 0 Å². The quantitative estimate of drug-likeness (QED) is 0.660. The molecule has 1 heterocycles. The lowest BCUT2D eigenvalue weighted by Gasteiger charge is -2.37. The van der Waals surface area contributed by atoms with Crippen molar-refractivity contribution in [1.29, 1.82) is 0 Å². The van der Waals surface area contributed by atoms with Crippen molar-refractivity contribution in [3.63, 3.8) is 0 Å². The molecule has 0 aromatic heterocycles. The smallest absolute Gasteiger partial charge is 0.0478 e. The molecule has 2 atom stereocenters. The Labute approximate surface area is 107 Å². The Bertz CT molecular complexity index is 187. The molecule has 3 heteroatoms. The summed E-state index contributed by atoms with van der Waals surface area (Å²) in [6.07, 6.45) is 3.71. The highest BCUT2D eigenvalue weighted by molar-refractivity contribution is 4.82. The van der Waals surface area contributed by atoms with Crippen molar-refractivity contribution in [1.82, 2.24) is 10.2 Å². The molecule has 1 fully saturated rings. The zero-order chi connectivity index (χ0) is 12.5. The van der Waals surface area contributed by atoms with Crippen LogP contribution in [0.4, 0.5) is 0 Å². The highest BCUT2D eigenvalue weighted by Gasteiger charge is 2.24. The lowest BCUT2D eigenvalue weighted by atomic mass is 9.93. The Morgan fingerprint density at radius 2 is 2.18 bits per heavy atom. The molecule has 0 spiro atoms. The maximum absolute atomic E-state index is 5.39. The minimum atomic E-state index is 0.734. The Kier molecular flexibility index (Phi) is 7.82. The van der Waals surface area contributed by atoms with E-state index in [0.29, 0.717) is 0 Å². The fourth-order valence-corrected chi connectivity index (χ4v) is 2.60. The summed E-state index contributed by atoms with van der Waals surface area (Å²) in [4.78, 5) is 2.59. The summed E-state index contributed by atoms with van der Waals surface area (Å²) < 4.78 is 5.39. The van der Waals surface area contributed by atoms with Gasteiger partial charge in [0, 0.05) is 32.3 Å². The first kappa shape index (κ1) is 14.9. The highest BCUT2D eigenvalue weighted by atomic mass is 16.5. The fraction of sp³-hybridized carbons (Fsp3) is 1.00. The average molecular weight is 242 g/mol.